The first-order chi connectivity index (χ1) is 9.71. The van der Waals surface area contributed by atoms with Crippen molar-refractivity contribution in [3.05, 3.63) is 29.3 Å². The summed E-state index contributed by atoms with van der Waals surface area (Å²) < 4.78 is 10.5. The summed E-state index contributed by atoms with van der Waals surface area (Å²) in [5.41, 5.74) is 6.86. The smallest absolute Gasteiger partial charge is 0.306 e. The van der Waals surface area contributed by atoms with E-state index < -0.39 is 0 Å². The normalized spacial score (nSPS) is 9.85. The molecular weight excluding hydrogens is 256 g/mol. The highest BCUT2D eigenvalue weighted by Crippen LogP contribution is 2.22. The summed E-state index contributed by atoms with van der Waals surface area (Å²) in [5, 5.41) is 8.91. The van der Waals surface area contributed by atoms with Gasteiger partial charge in [-0.3, -0.25) is 4.79 Å². The van der Waals surface area contributed by atoms with Gasteiger partial charge in [0, 0.05) is 6.42 Å². The molecule has 1 aromatic rings. The summed E-state index contributed by atoms with van der Waals surface area (Å²) in [6.07, 6.45) is 1.57. The zero-order valence-electron chi connectivity index (χ0n) is 11.7. The van der Waals surface area contributed by atoms with Crippen LogP contribution in [-0.2, 0) is 16.0 Å². The van der Waals surface area contributed by atoms with Crippen molar-refractivity contribution >= 4 is 5.97 Å². The van der Waals surface area contributed by atoms with E-state index in [1.54, 1.807) is 19.1 Å². The van der Waals surface area contributed by atoms with Gasteiger partial charge in [0.1, 0.15) is 5.75 Å². The lowest BCUT2D eigenvalue weighted by atomic mass is 10.1. The van der Waals surface area contributed by atoms with Gasteiger partial charge < -0.3 is 15.2 Å². The molecule has 0 aliphatic carbocycles. The van der Waals surface area contributed by atoms with Gasteiger partial charge in [-0.15, -0.1) is 0 Å². The highest BCUT2D eigenvalue weighted by Gasteiger charge is 2.09. The number of carbonyl (C=O) groups is 1. The number of rotatable bonds is 8. The second-order valence-electron chi connectivity index (χ2n) is 4.23. The topological polar surface area (TPSA) is 85.3 Å². The van der Waals surface area contributed by atoms with E-state index in [1.165, 1.54) is 0 Å². The average Bonchev–Trinajstić information content (AvgIpc) is 2.46. The summed E-state index contributed by atoms with van der Waals surface area (Å²) in [6.45, 7) is 3.21. The molecule has 0 unspecified atom stereocenters. The lowest BCUT2D eigenvalue weighted by molar-refractivity contribution is -0.143. The fourth-order valence-corrected chi connectivity index (χ4v) is 1.70. The third-order valence-electron chi connectivity index (χ3n) is 2.71. The van der Waals surface area contributed by atoms with Crippen LogP contribution in [-0.4, -0.2) is 25.7 Å². The van der Waals surface area contributed by atoms with Gasteiger partial charge in [-0.25, -0.2) is 0 Å². The number of benzene rings is 1. The maximum atomic E-state index is 11.4. The molecule has 0 bridgehead atoms. The molecule has 0 atom stereocenters. The zero-order valence-corrected chi connectivity index (χ0v) is 11.7. The Bertz CT molecular complexity index is 480. The largest absolute Gasteiger partial charge is 0.493 e. The molecule has 5 nitrogen and oxygen atoms in total. The van der Waals surface area contributed by atoms with Gasteiger partial charge >= 0.3 is 5.97 Å². The molecule has 0 aromatic heterocycles. The lowest BCUT2D eigenvalue weighted by Crippen LogP contribution is -2.09. The predicted molar refractivity (Wildman–Crippen MR) is 75.3 cm³/mol. The van der Waals surface area contributed by atoms with Gasteiger partial charge in [-0.05, 0) is 44.0 Å². The molecule has 1 rings (SSSR count). The molecule has 0 heterocycles. The third kappa shape index (κ3) is 5.29. The Morgan fingerprint density at radius 2 is 2.25 bits per heavy atom. The first-order valence-corrected chi connectivity index (χ1v) is 6.72. The number of nitriles is 1. The van der Waals surface area contributed by atoms with E-state index in [2.05, 4.69) is 6.07 Å². The fourth-order valence-electron chi connectivity index (χ4n) is 1.70. The van der Waals surface area contributed by atoms with Crippen molar-refractivity contribution in [1.82, 2.24) is 0 Å². The molecule has 0 saturated heterocycles. The number of aryl methyl sites for hydroxylation is 1. The van der Waals surface area contributed by atoms with E-state index in [4.69, 9.17) is 20.5 Å². The van der Waals surface area contributed by atoms with E-state index in [9.17, 15) is 4.79 Å². The van der Waals surface area contributed by atoms with Crippen LogP contribution in [0.3, 0.4) is 0 Å². The van der Waals surface area contributed by atoms with Gasteiger partial charge in [0.2, 0.25) is 0 Å². The molecular formula is C15H20N2O3. The molecule has 0 fully saturated rings. The van der Waals surface area contributed by atoms with Crippen LogP contribution in [0.4, 0.5) is 0 Å². The maximum Gasteiger partial charge on any atom is 0.306 e. The molecule has 108 valence electrons. The molecule has 20 heavy (non-hydrogen) atoms. The third-order valence-corrected chi connectivity index (χ3v) is 2.71. The van der Waals surface area contributed by atoms with Gasteiger partial charge in [0.05, 0.1) is 24.8 Å². The van der Waals surface area contributed by atoms with Crippen LogP contribution in [0.5, 0.6) is 5.75 Å². The number of hydrogen-bond donors (Lipinski definition) is 1. The maximum absolute atomic E-state index is 11.4. The van der Waals surface area contributed by atoms with Crippen LogP contribution in [0.15, 0.2) is 18.2 Å². The first kappa shape index (κ1) is 16.0. The van der Waals surface area contributed by atoms with Crippen LogP contribution >= 0.6 is 0 Å². The number of ether oxygens (including phenoxy) is 2. The van der Waals surface area contributed by atoms with Gasteiger partial charge in [0.25, 0.3) is 0 Å². The Balaban J connectivity index is 2.72. The minimum atomic E-state index is -0.232. The van der Waals surface area contributed by atoms with Crippen molar-refractivity contribution in [2.75, 3.05) is 19.8 Å². The van der Waals surface area contributed by atoms with Gasteiger partial charge in [-0.1, -0.05) is 6.07 Å². The highest BCUT2D eigenvalue weighted by molar-refractivity contribution is 5.69. The standard InChI is InChI=1S/C15H20N2O3/c1-2-19-15(18)7-6-13-5-4-12(11-17)10-14(13)20-9-3-8-16/h4-5,10H,2-3,6-9,16H2,1H3. The van der Waals surface area contributed by atoms with Gasteiger partial charge in [-0.2, -0.15) is 5.26 Å². The molecule has 0 radical (unpaired) electrons. The van der Waals surface area contributed by atoms with E-state index in [0.717, 1.165) is 12.0 Å². The van der Waals surface area contributed by atoms with E-state index in [-0.39, 0.29) is 5.97 Å². The zero-order chi connectivity index (χ0) is 14.8. The Morgan fingerprint density at radius 1 is 1.45 bits per heavy atom. The Hall–Kier alpha value is -2.06. The molecule has 0 aliphatic rings. The van der Waals surface area contributed by atoms with Crippen molar-refractivity contribution in [3.8, 4) is 11.8 Å². The van der Waals surface area contributed by atoms with Crippen molar-refractivity contribution in [2.24, 2.45) is 5.73 Å². The van der Waals surface area contributed by atoms with Crippen molar-refractivity contribution in [3.63, 3.8) is 0 Å². The summed E-state index contributed by atoms with van der Waals surface area (Å²) in [4.78, 5) is 11.4. The van der Waals surface area contributed by atoms with Crippen LogP contribution in [0.25, 0.3) is 0 Å². The second kappa shape index (κ2) is 8.94. The second-order valence-corrected chi connectivity index (χ2v) is 4.23. The monoisotopic (exact) mass is 276 g/mol. The van der Waals surface area contributed by atoms with Crippen molar-refractivity contribution in [1.29, 1.82) is 5.26 Å². The minimum absolute atomic E-state index is 0.232. The first-order valence-electron chi connectivity index (χ1n) is 6.72. The molecule has 0 spiro atoms. The average molecular weight is 276 g/mol. The molecule has 0 saturated carbocycles. The minimum Gasteiger partial charge on any atom is -0.493 e. The Labute approximate surface area is 119 Å². The van der Waals surface area contributed by atoms with Crippen molar-refractivity contribution in [2.45, 2.75) is 26.2 Å². The van der Waals surface area contributed by atoms with Crippen LogP contribution in [0, 0.1) is 11.3 Å². The summed E-state index contributed by atoms with van der Waals surface area (Å²) >= 11 is 0. The fraction of sp³-hybridized carbons (Fsp3) is 0.467. The SMILES string of the molecule is CCOC(=O)CCc1ccc(C#N)cc1OCCCN. The van der Waals surface area contributed by atoms with Crippen LogP contribution in [0.2, 0.25) is 0 Å². The molecule has 2 N–H and O–H groups in total. The highest BCUT2D eigenvalue weighted by atomic mass is 16.5. The predicted octanol–water partition coefficient (Wildman–Crippen LogP) is 1.78. The number of carbonyl (C=O) groups excluding carboxylic acids is 1. The molecule has 0 aliphatic heterocycles. The van der Waals surface area contributed by atoms with Crippen LogP contribution in [0.1, 0.15) is 30.9 Å². The molecule has 0 amide bonds. The quantitative estimate of drug-likeness (QED) is 0.578. The van der Waals surface area contributed by atoms with E-state index in [0.29, 0.717) is 43.9 Å². The van der Waals surface area contributed by atoms with Gasteiger partial charge in [0.15, 0.2) is 0 Å². The molecule has 1 aromatic carbocycles. The molecule has 5 heteroatoms. The van der Waals surface area contributed by atoms with E-state index >= 15 is 0 Å². The summed E-state index contributed by atoms with van der Waals surface area (Å²) in [6, 6.07) is 7.30. The Kier molecular flexibility index (Phi) is 7.15. The number of esters is 1. The van der Waals surface area contributed by atoms with E-state index in [1.807, 2.05) is 6.07 Å². The van der Waals surface area contributed by atoms with Crippen LogP contribution < -0.4 is 10.5 Å². The summed E-state index contributed by atoms with van der Waals surface area (Å²) in [7, 11) is 0. The number of nitrogens with zero attached hydrogens (tertiary/aromatic N) is 1. The number of hydrogen-bond acceptors (Lipinski definition) is 5. The van der Waals surface area contributed by atoms with Crippen molar-refractivity contribution < 1.29 is 14.3 Å². The number of nitrogens with two attached hydrogens (primary N) is 1. The summed E-state index contributed by atoms with van der Waals surface area (Å²) in [5.74, 6) is 0.409. The lowest BCUT2D eigenvalue weighted by Gasteiger charge is -2.11. The Morgan fingerprint density at radius 3 is 2.90 bits per heavy atom.